The molecule has 23 heavy (non-hydrogen) atoms. The third kappa shape index (κ3) is 3.30. The fourth-order valence-corrected chi connectivity index (χ4v) is 3.77. The van der Waals surface area contributed by atoms with Gasteiger partial charge in [0.15, 0.2) is 11.5 Å². The summed E-state index contributed by atoms with van der Waals surface area (Å²) in [4.78, 5) is 4.36. The number of ether oxygens (including phenoxy) is 2. The minimum atomic E-state index is -3.73. The van der Waals surface area contributed by atoms with Gasteiger partial charge < -0.3 is 9.47 Å². The van der Waals surface area contributed by atoms with Crippen LogP contribution >= 0.6 is 0 Å². The highest BCUT2D eigenvalue weighted by atomic mass is 32.2. The zero-order chi connectivity index (χ0) is 16.5. The highest BCUT2D eigenvalue weighted by molar-refractivity contribution is 7.89. The average molecular weight is 334 g/mol. The van der Waals surface area contributed by atoms with E-state index in [0.29, 0.717) is 30.4 Å². The molecule has 0 saturated carbocycles. The zero-order valence-corrected chi connectivity index (χ0v) is 13.8. The Hall–Kier alpha value is -2.12. The number of aromatic nitrogens is 1. The monoisotopic (exact) mass is 334 g/mol. The van der Waals surface area contributed by atoms with Crippen LogP contribution in [0.5, 0.6) is 11.5 Å². The molecular formula is C16H18N2O4S. The Morgan fingerprint density at radius 3 is 2.52 bits per heavy atom. The third-order valence-electron chi connectivity index (χ3n) is 3.52. The molecule has 0 unspecified atom stereocenters. The van der Waals surface area contributed by atoms with E-state index in [1.807, 2.05) is 6.07 Å². The van der Waals surface area contributed by atoms with Crippen LogP contribution in [-0.2, 0) is 15.6 Å². The van der Waals surface area contributed by atoms with Crippen molar-refractivity contribution in [2.45, 2.75) is 24.3 Å². The van der Waals surface area contributed by atoms with Gasteiger partial charge in [-0.2, -0.15) is 4.72 Å². The number of nitrogens with zero attached hydrogens (tertiary/aromatic N) is 1. The molecule has 2 heterocycles. The molecule has 1 aliphatic heterocycles. The molecule has 0 aliphatic carbocycles. The van der Waals surface area contributed by atoms with Crippen molar-refractivity contribution in [2.24, 2.45) is 0 Å². The second kappa shape index (κ2) is 5.82. The maximum Gasteiger partial charge on any atom is 0.241 e. The average Bonchev–Trinajstić information content (AvgIpc) is 2.54. The second-order valence-corrected chi connectivity index (χ2v) is 7.43. The topological polar surface area (TPSA) is 77.5 Å². The smallest absolute Gasteiger partial charge is 0.241 e. The molecule has 0 saturated heterocycles. The molecule has 7 heteroatoms. The van der Waals surface area contributed by atoms with E-state index in [2.05, 4.69) is 9.71 Å². The molecule has 2 aromatic rings. The summed E-state index contributed by atoms with van der Waals surface area (Å²) in [6, 6.07) is 9.98. The van der Waals surface area contributed by atoms with E-state index in [0.717, 1.165) is 0 Å². The van der Waals surface area contributed by atoms with Crippen LogP contribution in [0.4, 0.5) is 0 Å². The van der Waals surface area contributed by atoms with Crippen molar-refractivity contribution in [1.29, 1.82) is 0 Å². The molecule has 122 valence electrons. The van der Waals surface area contributed by atoms with E-state index in [1.54, 1.807) is 38.2 Å². The van der Waals surface area contributed by atoms with Gasteiger partial charge >= 0.3 is 0 Å². The Morgan fingerprint density at radius 2 is 1.83 bits per heavy atom. The van der Waals surface area contributed by atoms with Crippen molar-refractivity contribution in [3.63, 3.8) is 0 Å². The van der Waals surface area contributed by atoms with Crippen LogP contribution in [0.15, 0.2) is 47.5 Å². The lowest BCUT2D eigenvalue weighted by atomic mass is 10.0. The number of hydrogen-bond acceptors (Lipinski definition) is 5. The van der Waals surface area contributed by atoms with E-state index < -0.39 is 15.6 Å². The fourth-order valence-electron chi connectivity index (χ4n) is 2.37. The van der Waals surface area contributed by atoms with Gasteiger partial charge in [0, 0.05) is 12.3 Å². The molecule has 1 aromatic carbocycles. The summed E-state index contributed by atoms with van der Waals surface area (Å²) in [7, 11) is -3.73. The zero-order valence-electron chi connectivity index (χ0n) is 12.9. The van der Waals surface area contributed by atoms with Crippen molar-refractivity contribution in [3.05, 3.63) is 48.3 Å². The van der Waals surface area contributed by atoms with Gasteiger partial charge in [-0.1, -0.05) is 6.07 Å². The van der Waals surface area contributed by atoms with Gasteiger partial charge in [-0.25, -0.2) is 8.42 Å². The molecule has 3 rings (SSSR count). The highest BCUT2D eigenvalue weighted by Gasteiger charge is 2.29. The van der Waals surface area contributed by atoms with Crippen molar-refractivity contribution in [3.8, 4) is 11.5 Å². The van der Waals surface area contributed by atoms with E-state index in [4.69, 9.17) is 9.47 Å². The summed E-state index contributed by atoms with van der Waals surface area (Å²) in [6.45, 7) is 4.41. The van der Waals surface area contributed by atoms with Crippen LogP contribution in [0.3, 0.4) is 0 Å². The van der Waals surface area contributed by atoms with Gasteiger partial charge in [-0.3, -0.25) is 4.98 Å². The minimum absolute atomic E-state index is 0.130. The maximum atomic E-state index is 12.7. The summed E-state index contributed by atoms with van der Waals surface area (Å²) in [5.41, 5.74) is -0.200. The molecular weight excluding hydrogens is 316 g/mol. The standard InChI is InChI=1S/C16H18N2O4S/c1-16(2,15-5-3-4-8-17-15)18-23(19,20)12-6-7-13-14(11-12)22-10-9-21-13/h3-8,11,18H,9-10H2,1-2H3. The minimum Gasteiger partial charge on any atom is -0.486 e. The lowest BCUT2D eigenvalue weighted by molar-refractivity contribution is 0.171. The Kier molecular flexibility index (Phi) is 3.99. The Morgan fingerprint density at radius 1 is 1.09 bits per heavy atom. The Balaban J connectivity index is 1.90. The Bertz CT molecular complexity index is 804. The molecule has 1 aliphatic rings. The number of fused-ring (bicyclic) bond motifs is 1. The van der Waals surface area contributed by atoms with E-state index >= 15 is 0 Å². The Labute approximate surface area is 135 Å². The van der Waals surface area contributed by atoms with Gasteiger partial charge in [0.1, 0.15) is 13.2 Å². The quantitative estimate of drug-likeness (QED) is 0.926. The van der Waals surface area contributed by atoms with E-state index in [-0.39, 0.29) is 4.90 Å². The van der Waals surface area contributed by atoms with Crippen LogP contribution in [0.25, 0.3) is 0 Å². The summed E-state index contributed by atoms with van der Waals surface area (Å²) >= 11 is 0. The molecule has 0 fully saturated rings. The third-order valence-corrected chi connectivity index (χ3v) is 5.17. The first-order chi connectivity index (χ1) is 10.9. The highest BCUT2D eigenvalue weighted by Crippen LogP contribution is 2.32. The van der Waals surface area contributed by atoms with Gasteiger partial charge in [-0.05, 0) is 38.1 Å². The molecule has 0 atom stereocenters. The molecule has 6 nitrogen and oxygen atoms in total. The molecule has 0 spiro atoms. The fraction of sp³-hybridized carbons (Fsp3) is 0.312. The van der Waals surface area contributed by atoms with Crippen LogP contribution in [0, 0.1) is 0 Å². The predicted octanol–water partition coefficient (Wildman–Crippen LogP) is 2.07. The maximum absolute atomic E-state index is 12.7. The molecule has 1 aromatic heterocycles. The van der Waals surface area contributed by atoms with Crippen LogP contribution in [0.1, 0.15) is 19.5 Å². The first kappa shape index (κ1) is 15.8. The second-order valence-electron chi connectivity index (χ2n) is 5.75. The van der Waals surface area contributed by atoms with Gasteiger partial charge in [0.25, 0.3) is 0 Å². The first-order valence-corrected chi connectivity index (χ1v) is 8.72. The number of hydrogen-bond donors (Lipinski definition) is 1. The normalized spacial score (nSPS) is 14.5. The van der Waals surface area contributed by atoms with Gasteiger partial charge in [0.2, 0.25) is 10.0 Å². The van der Waals surface area contributed by atoms with Crippen molar-refractivity contribution < 1.29 is 17.9 Å². The van der Waals surface area contributed by atoms with Crippen molar-refractivity contribution in [2.75, 3.05) is 13.2 Å². The molecule has 1 N–H and O–H groups in total. The SMILES string of the molecule is CC(C)(NS(=O)(=O)c1ccc2c(c1)OCCO2)c1ccccn1. The number of rotatable bonds is 4. The van der Waals surface area contributed by atoms with Crippen molar-refractivity contribution >= 4 is 10.0 Å². The van der Waals surface area contributed by atoms with Crippen LogP contribution < -0.4 is 14.2 Å². The predicted molar refractivity (Wildman–Crippen MR) is 85.0 cm³/mol. The first-order valence-electron chi connectivity index (χ1n) is 7.24. The van der Waals surface area contributed by atoms with Crippen molar-refractivity contribution in [1.82, 2.24) is 9.71 Å². The number of sulfonamides is 1. The number of nitrogens with one attached hydrogen (secondary N) is 1. The van der Waals surface area contributed by atoms with Gasteiger partial charge in [-0.15, -0.1) is 0 Å². The molecule has 0 radical (unpaired) electrons. The van der Waals surface area contributed by atoms with E-state index in [9.17, 15) is 8.42 Å². The largest absolute Gasteiger partial charge is 0.486 e. The van der Waals surface area contributed by atoms with E-state index in [1.165, 1.54) is 12.1 Å². The molecule has 0 amide bonds. The lowest BCUT2D eigenvalue weighted by Gasteiger charge is -2.26. The lowest BCUT2D eigenvalue weighted by Crippen LogP contribution is -2.41. The summed E-state index contributed by atoms with van der Waals surface area (Å²) in [5.74, 6) is 0.994. The number of pyridine rings is 1. The summed E-state index contributed by atoms with van der Waals surface area (Å²) in [5, 5.41) is 0. The molecule has 0 bridgehead atoms. The van der Waals surface area contributed by atoms with Gasteiger partial charge in [0.05, 0.1) is 16.1 Å². The van der Waals surface area contributed by atoms with Crippen LogP contribution in [0.2, 0.25) is 0 Å². The number of benzene rings is 1. The van der Waals surface area contributed by atoms with Crippen LogP contribution in [-0.4, -0.2) is 26.6 Å². The summed E-state index contributed by atoms with van der Waals surface area (Å²) < 4.78 is 38.9. The summed E-state index contributed by atoms with van der Waals surface area (Å²) in [6.07, 6.45) is 1.63.